The van der Waals surface area contributed by atoms with E-state index >= 15 is 0 Å². The molecule has 1 unspecified atom stereocenters. The number of aromatic amines is 1. The number of amidine groups is 1. The first-order chi connectivity index (χ1) is 21.0. The van der Waals surface area contributed by atoms with Crippen LogP contribution >= 0.6 is 0 Å². The number of amides is 2. The third kappa shape index (κ3) is 6.65. The first kappa shape index (κ1) is 29.7. The molecule has 0 spiro atoms. The van der Waals surface area contributed by atoms with E-state index in [1.165, 1.54) is 11.0 Å². The van der Waals surface area contributed by atoms with Crippen molar-refractivity contribution in [2.24, 2.45) is 5.73 Å². The summed E-state index contributed by atoms with van der Waals surface area (Å²) in [5.74, 6) is -0.518. The predicted octanol–water partition coefficient (Wildman–Crippen LogP) is 2.06. The molecule has 4 aromatic rings. The van der Waals surface area contributed by atoms with Crippen molar-refractivity contribution in [3.8, 4) is 40.7 Å². The van der Waals surface area contributed by atoms with E-state index < -0.39 is 22.3 Å². The van der Waals surface area contributed by atoms with E-state index in [4.69, 9.17) is 25.4 Å². The van der Waals surface area contributed by atoms with Crippen LogP contribution in [-0.4, -0.2) is 76.5 Å². The quantitative estimate of drug-likeness (QED) is 0.121. The molecule has 2 aromatic carbocycles. The number of nitrogens with zero attached hydrogens (tertiary/aromatic N) is 4. The summed E-state index contributed by atoms with van der Waals surface area (Å²) in [6, 6.07) is 9.68. The summed E-state index contributed by atoms with van der Waals surface area (Å²) in [5, 5.41) is 10.9. The molecule has 1 aliphatic rings. The van der Waals surface area contributed by atoms with Crippen LogP contribution in [0.2, 0.25) is 0 Å². The largest absolute Gasteiger partial charge is 0.457 e. The third-order valence-corrected chi connectivity index (χ3v) is 6.78. The summed E-state index contributed by atoms with van der Waals surface area (Å²) >= 11 is 0. The van der Waals surface area contributed by atoms with Gasteiger partial charge in [0.2, 0.25) is 28.2 Å². The Morgan fingerprint density at radius 2 is 1.98 bits per heavy atom. The van der Waals surface area contributed by atoms with E-state index in [0.29, 0.717) is 33.4 Å². The summed E-state index contributed by atoms with van der Waals surface area (Å²) in [4.78, 5) is 42.6. The Balaban J connectivity index is 1.60. The molecule has 5 rings (SSSR count). The molecule has 2 aromatic heterocycles. The normalized spacial score (nSPS) is 13.6. The summed E-state index contributed by atoms with van der Waals surface area (Å²) in [6.45, 7) is 1.76. The van der Waals surface area contributed by atoms with E-state index in [2.05, 4.69) is 25.3 Å². The van der Waals surface area contributed by atoms with Gasteiger partial charge in [0.1, 0.15) is 23.2 Å². The van der Waals surface area contributed by atoms with E-state index in [0.717, 1.165) is 0 Å². The van der Waals surface area contributed by atoms with Crippen molar-refractivity contribution in [1.29, 1.82) is 5.41 Å². The summed E-state index contributed by atoms with van der Waals surface area (Å²) in [5.41, 5.74) is 7.84. The minimum Gasteiger partial charge on any atom is -0.457 e. The number of carbonyl (C=O) groups is 2. The summed E-state index contributed by atoms with van der Waals surface area (Å²) in [7, 11) is 0.583. The van der Waals surface area contributed by atoms with E-state index in [9.17, 15) is 18.0 Å². The predicted molar refractivity (Wildman–Crippen MR) is 159 cm³/mol. The summed E-state index contributed by atoms with van der Waals surface area (Å²) in [6.07, 6.45) is 1.78. The van der Waals surface area contributed by atoms with Gasteiger partial charge < -0.3 is 35.1 Å². The van der Waals surface area contributed by atoms with Crippen LogP contribution < -0.4 is 25.3 Å². The maximum Gasteiger partial charge on any atom is 0.328 e. The van der Waals surface area contributed by atoms with Gasteiger partial charge in [0.25, 0.3) is 11.8 Å². The maximum absolute atomic E-state index is 12.7. The smallest absolute Gasteiger partial charge is 0.328 e. The van der Waals surface area contributed by atoms with Crippen molar-refractivity contribution >= 4 is 39.0 Å². The van der Waals surface area contributed by atoms with Crippen LogP contribution in [0.25, 0.3) is 11.4 Å². The number of hydrogen-bond acceptors (Lipinski definition) is 11. The van der Waals surface area contributed by atoms with Crippen molar-refractivity contribution in [3.05, 3.63) is 65.5 Å². The molecule has 0 aliphatic carbocycles. The number of nitrogens with two attached hydrogens (primary N) is 1. The number of aromatic nitrogens is 4. The van der Waals surface area contributed by atoms with Gasteiger partial charge in [-0.2, -0.15) is 18.4 Å². The molecule has 44 heavy (non-hydrogen) atoms. The Labute approximate surface area is 252 Å². The van der Waals surface area contributed by atoms with Gasteiger partial charge in [-0.05, 0) is 42.3 Å². The molecule has 0 saturated carbocycles. The number of ether oxygens (including phenoxy) is 3. The van der Waals surface area contributed by atoms with Crippen LogP contribution in [0, 0.1) is 12.3 Å². The molecule has 1 atom stereocenters. The van der Waals surface area contributed by atoms with Gasteiger partial charge in [-0.25, -0.2) is 4.98 Å². The number of benzene rings is 2. The molecule has 0 bridgehead atoms. The second-order valence-electron chi connectivity index (χ2n) is 9.78. The zero-order valence-electron chi connectivity index (χ0n) is 23.6. The first-order valence-electron chi connectivity index (χ1n) is 12.9. The minimum absolute atomic E-state index is 0.0591. The van der Waals surface area contributed by atoms with E-state index in [1.54, 1.807) is 63.7 Å². The number of anilines is 1. The molecule has 3 heterocycles. The average Bonchev–Trinajstić information content (AvgIpc) is 3.50. The first-order valence-corrected chi connectivity index (χ1v) is 14.1. The Hall–Kier alpha value is -5.77. The number of carbonyl (C=O) groups excluding carboxylic acids is 2. The number of imidazole rings is 1. The lowest BCUT2D eigenvalue weighted by Gasteiger charge is -2.24. The second kappa shape index (κ2) is 12.2. The topological polar surface area (TPSA) is 216 Å². The Kier molecular flexibility index (Phi) is 8.25. The van der Waals surface area contributed by atoms with E-state index in [-0.39, 0.29) is 53.1 Å². The van der Waals surface area contributed by atoms with Crippen LogP contribution in [0.1, 0.15) is 16.7 Å². The molecular weight excluding hydrogens is 592 g/mol. The van der Waals surface area contributed by atoms with Gasteiger partial charge in [-0.3, -0.25) is 15.0 Å². The van der Waals surface area contributed by atoms with Crippen LogP contribution in [0.3, 0.4) is 0 Å². The van der Waals surface area contributed by atoms with Crippen molar-refractivity contribution in [2.45, 2.75) is 19.4 Å². The second-order valence-corrected chi connectivity index (χ2v) is 10.6. The maximum atomic E-state index is 12.7. The monoisotopic (exact) mass is 618 g/mol. The number of fused-ring (bicyclic) bond motifs is 1. The van der Waals surface area contributed by atoms with Crippen LogP contribution in [0.15, 0.2) is 48.8 Å². The highest BCUT2D eigenvalue weighted by atomic mass is 32.2. The molecule has 15 nitrogen and oxygen atoms in total. The number of H-pyrrole nitrogens is 1. The number of nitrogen functional groups attached to an aromatic ring is 1. The van der Waals surface area contributed by atoms with Crippen LogP contribution in [0.4, 0.5) is 5.69 Å². The molecule has 0 saturated heterocycles. The van der Waals surface area contributed by atoms with Crippen molar-refractivity contribution < 1.29 is 32.2 Å². The van der Waals surface area contributed by atoms with Crippen molar-refractivity contribution in [1.82, 2.24) is 24.8 Å². The van der Waals surface area contributed by atoms with Crippen molar-refractivity contribution in [2.75, 3.05) is 19.4 Å². The Bertz CT molecular complexity index is 1920. The number of nitrogens with one attached hydrogen (secondary N) is 3. The Morgan fingerprint density at radius 3 is 2.66 bits per heavy atom. The highest BCUT2D eigenvalue weighted by Gasteiger charge is 2.33. The van der Waals surface area contributed by atoms with Crippen LogP contribution in [-0.2, 0) is 26.3 Å². The zero-order valence-corrected chi connectivity index (χ0v) is 24.4. The Morgan fingerprint density at radius 1 is 1.18 bits per heavy atom. The fourth-order valence-electron chi connectivity index (χ4n) is 4.07. The van der Waals surface area contributed by atoms with Gasteiger partial charge >= 0.3 is 6.01 Å². The standard InChI is InChI=1S/C28H26N8O7S/c1-14-4-5-16(23(29)30)12-19(14)43-28-34-26(22-27(35-28)42-20(13-44(39)40)25(38)33-22)41-18-9-15(10-21(37)36(2)3)8-17(11-18)24-31-6-7-32-24/h4-9,11-13,20H,10H2,1-3H3,(H3,29,30)(H,31,32)(H,33,38). The lowest BCUT2D eigenvalue weighted by Crippen LogP contribution is -2.39. The fourth-order valence-corrected chi connectivity index (χ4v) is 4.46. The van der Waals surface area contributed by atoms with Gasteiger partial charge in [0.15, 0.2) is 5.69 Å². The van der Waals surface area contributed by atoms with Crippen LogP contribution in [0.5, 0.6) is 29.3 Å². The van der Waals surface area contributed by atoms with Gasteiger partial charge in [0, 0.05) is 37.6 Å². The number of likely N-dealkylation sites (N-methyl/N-ethyl adjacent to an activating group) is 1. The van der Waals surface area contributed by atoms with Crippen molar-refractivity contribution in [3.63, 3.8) is 0 Å². The van der Waals surface area contributed by atoms with E-state index in [1.807, 2.05) is 0 Å². The molecule has 5 N–H and O–H groups in total. The third-order valence-electron chi connectivity index (χ3n) is 6.31. The lowest BCUT2D eigenvalue weighted by molar-refractivity contribution is -0.128. The fraction of sp³-hybridized carbons (Fsp3) is 0.179. The molecule has 0 radical (unpaired) electrons. The number of hydrogen-bond donors (Lipinski definition) is 4. The average molecular weight is 619 g/mol. The highest BCUT2D eigenvalue weighted by molar-refractivity contribution is 7.71. The van der Waals surface area contributed by atoms with Gasteiger partial charge in [-0.1, -0.05) is 12.1 Å². The minimum atomic E-state index is -2.71. The van der Waals surface area contributed by atoms with Gasteiger partial charge in [-0.15, -0.1) is 0 Å². The summed E-state index contributed by atoms with van der Waals surface area (Å²) < 4.78 is 40.3. The molecule has 0 fully saturated rings. The molecular formula is C28H26N8O7S. The molecule has 2 amide bonds. The zero-order chi connectivity index (χ0) is 31.5. The van der Waals surface area contributed by atoms with Gasteiger partial charge in [0.05, 0.1) is 11.8 Å². The molecule has 1 aliphatic heterocycles. The highest BCUT2D eigenvalue weighted by Crippen LogP contribution is 2.40. The number of rotatable bonds is 9. The molecule has 16 heteroatoms. The lowest BCUT2D eigenvalue weighted by atomic mass is 10.1. The molecule has 226 valence electrons. The SMILES string of the molecule is Cc1ccc(C(=N)N)cc1Oc1nc(Oc2cc(CC(=O)N(C)C)cc(-c3ncc[nH]3)c2)c2c(n1)OC(C=S(=O)=O)C(=O)N2. The number of aryl methyl sites for hydroxylation is 1.